The van der Waals surface area contributed by atoms with Gasteiger partial charge in [0.2, 0.25) is 5.91 Å². The van der Waals surface area contributed by atoms with E-state index in [-0.39, 0.29) is 30.5 Å². The standard InChI is InChI=1S/C11H11F3N2O2/c12-11(13,14)18-7-1-2-9-8(4-7)6(5-15)3-10(17)16-9/h1-2,4,6H,3,5,15H2,(H,16,17). The summed E-state index contributed by atoms with van der Waals surface area (Å²) < 4.78 is 40.1. The summed E-state index contributed by atoms with van der Waals surface area (Å²) >= 11 is 0. The fourth-order valence-electron chi connectivity index (χ4n) is 1.93. The van der Waals surface area contributed by atoms with Crippen LogP contribution in [0.4, 0.5) is 18.9 Å². The second kappa shape index (κ2) is 4.49. The Morgan fingerprint density at radius 1 is 1.44 bits per heavy atom. The summed E-state index contributed by atoms with van der Waals surface area (Å²) in [6.45, 7) is 0.190. The lowest BCUT2D eigenvalue weighted by Gasteiger charge is -2.25. The number of carbonyl (C=O) groups excluding carboxylic acids is 1. The molecule has 2 rings (SSSR count). The van der Waals surface area contributed by atoms with Gasteiger partial charge in [-0.3, -0.25) is 4.79 Å². The molecule has 0 saturated carbocycles. The van der Waals surface area contributed by atoms with Crippen molar-refractivity contribution in [2.45, 2.75) is 18.7 Å². The van der Waals surface area contributed by atoms with Crippen molar-refractivity contribution < 1.29 is 22.7 Å². The van der Waals surface area contributed by atoms with Crippen LogP contribution in [0.2, 0.25) is 0 Å². The first-order valence-corrected chi connectivity index (χ1v) is 5.28. The zero-order valence-corrected chi connectivity index (χ0v) is 9.25. The lowest BCUT2D eigenvalue weighted by atomic mass is 9.90. The van der Waals surface area contributed by atoms with E-state index in [9.17, 15) is 18.0 Å². The zero-order chi connectivity index (χ0) is 13.3. The highest BCUT2D eigenvalue weighted by Crippen LogP contribution is 2.35. The van der Waals surface area contributed by atoms with Crippen LogP contribution in [0.3, 0.4) is 0 Å². The van der Waals surface area contributed by atoms with Gasteiger partial charge >= 0.3 is 6.36 Å². The van der Waals surface area contributed by atoms with E-state index in [1.54, 1.807) is 0 Å². The number of anilines is 1. The molecule has 0 aliphatic carbocycles. The van der Waals surface area contributed by atoms with E-state index >= 15 is 0 Å². The summed E-state index contributed by atoms with van der Waals surface area (Å²) in [6.07, 6.45) is -4.57. The minimum Gasteiger partial charge on any atom is -0.406 e. The first-order valence-electron chi connectivity index (χ1n) is 5.28. The van der Waals surface area contributed by atoms with E-state index < -0.39 is 6.36 Å². The van der Waals surface area contributed by atoms with Crippen molar-refractivity contribution >= 4 is 11.6 Å². The molecule has 3 N–H and O–H groups in total. The normalized spacial score (nSPS) is 19.1. The van der Waals surface area contributed by atoms with E-state index in [1.807, 2.05) is 0 Å². The van der Waals surface area contributed by atoms with Crippen LogP contribution in [0.25, 0.3) is 0 Å². The van der Waals surface area contributed by atoms with Gasteiger partial charge in [-0.1, -0.05) is 0 Å². The zero-order valence-electron chi connectivity index (χ0n) is 9.25. The Labute approximate surface area is 101 Å². The molecule has 1 atom stereocenters. The van der Waals surface area contributed by atoms with Gasteiger partial charge in [-0.15, -0.1) is 13.2 Å². The van der Waals surface area contributed by atoms with Crippen LogP contribution in [0, 0.1) is 0 Å². The maximum atomic E-state index is 12.1. The summed E-state index contributed by atoms with van der Waals surface area (Å²) in [5.41, 5.74) is 6.57. The molecule has 1 aromatic carbocycles. The first-order chi connectivity index (χ1) is 8.39. The van der Waals surface area contributed by atoms with Gasteiger partial charge in [-0.25, -0.2) is 0 Å². The van der Waals surface area contributed by atoms with Gasteiger partial charge in [-0.2, -0.15) is 0 Å². The van der Waals surface area contributed by atoms with Crippen molar-refractivity contribution in [1.29, 1.82) is 0 Å². The fraction of sp³-hybridized carbons (Fsp3) is 0.364. The van der Waals surface area contributed by atoms with Gasteiger partial charge in [0.15, 0.2) is 0 Å². The Morgan fingerprint density at radius 2 is 2.17 bits per heavy atom. The van der Waals surface area contributed by atoms with E-state index in [0.717, 1.165) is 6.07 Å². The van der Waals surface area contributed by atoms with Crippen LogP contribution in [-0.4, -0.2) is 18.8 Å². The topological polar surface area (TPSA) is 64.4 Å². The number of rotatable bonds is 2. The summed E-state index contributed by atoms with van der Waals surface area (Å²) in [7, 11) is 0. The number of halogens is 3. The van der Waals surface area contributed by atoms with Crippen molar-refractivity contribution in [2.24, 2.45) is 5.73 Å². The average molecular weight is 260 g/mol. The summed E-state index contributed by atoms with van der Waals surface area (Å²) in [5, 5.41) is 2.58. The molecule has 1 amide bonds. The number of alkyl halides is 3. The first kappa shape index (κ1) is 12.7. The van der Waals surface area contributed by atoms with Crippen molar-refractivity contribution in [2.75, 3.05) is 11.9 Å². The third-order valence-electron chi connectivity index (χ3n) is 2.69. The third kappa shape index (κ3) is 2.73. The van der Waals surface area contributed by atoms with E-state index in [2.05, 4.69) is 10.1 Å². The molecule has 98 valence electrons. The smallest absolute Gasteiger partial charge is 0.406 e. The van der Waals surface area contributed by atoms with E-state index in [1.165, 1.54) is 12.1 Å². The minimum atomic E-state index is -4.73. The number of benzene rings is 1. The highest BCUT2D eigenvalue weighted by Gasteiger charge is 2.32. The highest BCUT2D eigenvalue weighted by molar-refractivity contribution is 5.94. The van der Waals surface area contributed by atoms with Crippen LogP contribution in [0.15, 0.2) is 18.2 Å². The van der Waals surface area contributed by atoms with E-state index in [4.69, 9.17) is 5.73 Å². The Hall–Kier alpha value is -1.76. The van der Waals surface area contributed by atoms with Crippen LogP contribution >= 0.6 is 0 Å². The van der Waals surface area contributed by atoms with Crippen molar-refractivity contribution in [3.05, 3.63) is 23.8 Å². The third-order valence-corrected chi connectivity index (χ3v) is 2.69. The lowest BCUT2D eigenvalue weighted by Crippen LogP contribution is -2.27. The number of nitrogens with one attached hydrogen (secondary N) is 1. The number of hydrogen-bond acceptors (Lipinski definition) is 3. The molecular formula is C11H11F3N2O2. The predicted molar refractivity (Wildman–Crippen MR) is 58.2 cm³/mol. The van der Waals surface area contributed by atoms with Crippen LogP contribution < -0.4 is 15.8 Å². The number of nitrogens with two attached hydrogens (primary N) is 1. The lowest BCUT2D eigenvalue weighted by molar-refractivity contribution is -0.274. The minimum absolute atomic E-state index is 0.166. The second-order valence-corrected chi connectivity index (χ2v) is 3.98. The number of ether oxygens (including phenoxy) is 1. The molecule has 1 unspecified atom stereocenters. The summed E-state index contributed by atoms with van der Waals surface area (Å²) in [6, 6.07) is 3.81. The Kier molecular flexibility index (Phi) is 3.16. The number of carbonyl (C=O) groups is 1. The quantitative estimate of drug-likeness (QED) is 0.854. The average Bonchev–Trinajstić information content (AvgIpc) is 2.26. The molecule has 1 aromatic rings. The monoisotopic (exact) mass is 260 g/mol. The Morgan fingerprint density at radius 3 is 2.78 bits per heavy atom. The van der Waals surface area contributed by atoms with Crippen LogP contribution in [-0.2, 0) is 4.79 Å². The molecule has 0 saturated heterocycles. The van der Waals surface area contributed by atoms with Crippen LogP contribution in [0.1, 0.15) is 17.9 Å². The van der Waals surface area contributed by atoms with Crippen LogP contribution in [0.5, 0.6) is 5.75 Å². The maximum Gasteiger partial charge on any atom is 0.573 e. The molecule has 0 spiro atoms. The molecular weight excluding hydrogens is 249 g/mol. The largest absolute Gasteiger partial charge is 0.573 e. The number of hydrogen-bond donors (Lipinski definition) is 2. The molecule has 1 heterocycles. The number of amides is 1. The van der Waals surface area contributed by atoms with Gasteiger partial charge < -0.3 is 15.8 Å². The Bertz CT molecular complexity index is 474. The molecule has 4 nitrogen and oxygen atoms in total. The van der Waals surface area contributed by atoms with Gasteiger partial charge in [0.25, 0.3) is 0 Å². The number of fused-ring (bicyclic) bond motifs is 1. The van der Waals surface area contributed by atoms with Gasteiger partial charge in [0.05, 0.1) is 0 Å². The van der Waals surface area contributed by atoms with Crippen molar-refractivity contribution in [3.63, 3.8) is 0 Å². The molecule has 1 aliphatic heterocycles. The second-order valence-electron chi connectivity index (χ2n) is 3.98. The highest BCUT2D eigenvalue weighted by atomic mass is 19.4. The predicted octanol–water partition coefficient (Wildman–Crippen LogP) is 1.97. The SMILES string of the molecule is NCC1CC(=O)Nc2ccc(OC(F)(F)F)cc21. The molecule has 0 bridgehead atoms. The molecule has 18 heavy (non-hydrogen) atoms. The van der Waals surface area contributed by atoms with Gasteiger partial charge in [-0.05, 0) is 30.3 Å². The van der Waals surface area contributed by atoms with Gasteiger partial charge in [0.1, 0.15) is 5.75 Å². The maximum absolute atomic E-state index is 12.1. The summed E-state index contributed by atoms with van der Waals surface area (Å²) in [5.74, 6) is -0.788. The summed E-state index contributed by atoms with van der Waals surface area (Å²) in [4.78, 5) is 11.3. The van der Waals surface area contributed by atoms with Gasteiger partial charge in [0, 0.05) is 18.0 Å². The molecule has 0 fully saturated rings. The van der Waals surface area contributed by atoms with Crippen molar-refractivity contribution in [1.82, 2.24) is 0 Å². The molecule has 0 aromatic heterocycles. The van der Waals surface area contributed by atoms with E-state index in [0.29, 0.717) is 11.3 Å². The van der Waals surface area contributed by atoms with Crippen molar-refractivity contribution in [3.8, 4) is 5.75 Å². The fourth-order valence-corrected chi connectivity index (χ4v) is 1.93. The molecule has 7 heteroatoms. The molecule has 0 radical (unpaired) electrons. The Balaban J connectivity index is 2.33. The molecule has 1 aliphatic rings.